The lowest BCUT2D eigenvalue weighted by Gasteiger charge is -2.27. The summed E-state index contributed by atoms with van der Waals surface area (Å²) in [7, 11) is 1.54. The van der Waals surface area contributed by atoms with Crippen LogP contribution in [0, 0.1) is 11.3 Å². The molecular formula is C23H32N6O4. The van der Waals surface area contributed by atoms with Crippen molar-refractivity contribution < 1.29 is 9.53 Å². The second-order valence-corrected chi connectivity index (χ2v) is 9.53. The van der Waals surface area contributed by atoms with Gasteiger partial charge in [0.2, 0.25) is 0 Å². The molecule has 10 heteroatoms. The van der Waals surface area contributed by atoms with Crippen LogP contribution < -0.4 is 16.1 Å². The molecule has 178 valence electrons. The maximum Gasteiger partial charge on any atom is 0.410 e. The largest absolute Gasteiger partial charge is 0.444 e. The lowest BCUT2D eigenvalue weighted by atomic mass is 10.2. The Morgan fingerprint density at radius 2 is 1.85 bits per heavy atom. The number of aromatic amines is 1. The minimum Gasteiger partial charge on any atom is -0.444 e. The third kappa shape index (κ3) is 4.97. The Morgan fingerprint density at radius 1 is 1.15 bits per heavy atom. The molecule has 2 aromatic rings. The maximum atomic E-state index is 12.8. The third-order valence-electron chi connectivity index (χ3n) is 5.53. The SMILES string of the molecule is CC(C)=CCn1c(N2CCCN(C(=O)OC(C)(C)C)CC2)c(C#N)c2c1c(=O)[nH]c(=O)n2C. The molecule has 0 spiro atoms. The van der Waals surface area contributed by atoms with Crippen molar-refractivity contribution in [3.8, 4) is 6.07 Å². The number of fused-ring (bicyclic) bond motifs is 1. The third-order valence-corrected chi connectivity index (χ3v) is 5.53. The van der Waals surface area contributed by atoms with Gasteiger partial charge in [-0.2, -0.15) is 5.26 Å². The first-order valence-corrected chi connectivity index (χ1v) is 11.1. The fourth-order valence-corrected chi connectivity index (χ4v) is 4.01. The summed E-state index contributed by atoms with van der Waals surface area (Å²) in [5, 5.41) is 10.1. The molecule has 1 aliphatic rings. The number of amides is 1. The summed E-state index contributed by atoms with van der Waals surface area (Å²) in [4.78, 5) is 43.7. The van der Waals surface area contributed by atoms with Crippen molar-refractivity contribution in [3.05, 3.63) is 38.1 Å². The number of aromatic nitrogens is 3. The van der Waals surface area contributed by atoms with E-state index in [0.29, 0.717) is 50.5 Å². The van der Waals surface area contributed by atoms with E-state index >= 15 is 0 Å². The molecule has 33 heavy (non-hydrogen) atoms. The summed E-state index contributed by atoms with van der Waals surface area (Å²) in [6.07, 6.45) is 2.28. The number of rotatable bonds is 3. The first kappa shape index (κ1) is 24.2. The van der Waals surface area contributed by atoms with Gasteiger partial charge in [-0.3, -0.25) is 14.3 Å². The summed E-state index contributed by atoms with van der Waals surface area (Å²) < 4.78 is 8.62. The number of carbonyl (C=O) groups excluding carboxylic acids is 1. The monoisotopic (exact) mass is 456 g/mol. The molecule has 1 fully saturated rings. The van der Waals surface area contributed by atoms with Crippen LogP contribution in [0.25, 0.3) is 11.0 Å². The summed E-state index contributed by atoms with van der Waals surface area (Å²) in [5.74, 6) is 0.586. The predicted octanol–water partition coefficient (Wildman–Crippen LogP) is 2.31. The molecule has 3 heterocycles. The molecule has 0 aliphatic carbocycles. The Kier molecular flexibility index (Phi) is 6.72. The van der Waals surface area contributed by atoms with Crippen LogP contribution in [0.1, 0.15) is 46.6 Å². The number of nitrogens with one attached hydrogen (secondary N) is 1. The summed E-state index contributed by atoms with van der Waals surface area (Å²) >= 11 is 0. The highest BCUT2D eigenvalue weighted by Gasteiger charge is 2.29. The van der Waals surface area contributed by atoms with Crippen molar-refractivity contribution in [1.82, 2.24) is 19.0 Å². The predicted molar refractivity (Wildman–Crippen MR) is 127 cm³/mol. The van der Waals surface area contributed by atoms with E-state index in [-0.39, 0.29) is 17.2 Å². The highest BCUT2D eigenvalue weighted by molar-refractivity contribution is 5.89. The van der Waals surface area contributed by atoms with Crippen LogP contribution in [-0.2, 0) is 18.3 Å². The van der Waals surface area contributed by atoms with Gasteiger partial charge in [-0.05, 0) is 41.0 Å². The zero-order valence-electron chi connectivity index (χ0n) is 20.2. The second-order valence-electron chi connectivity index (χ2n) is 9.53. The van der Waals surface area contributed by atoms with Gasteiger partial charge in [0.05, 0.1) is 5.52 Å². The minimum atomic E-state index is -0.584. The Bertz CT molecular complexity index is 1250. The van der Waals surface area contributed by atoms with Crippen LogP contribution in [0.4, 0.5) is 10.6 Å². The van der Waals surface area contributed by atoms with Crippen molar-refractivity contribution in [1.29, 1.82) is 5.26 Å². The highest BCUT2D eigenvalue weighted by atomic mass is 16.6. The molecule has 2 aromatic heterocycles. The highest BCUT2D eigenvalue weighted by Crippen LogP contribution is 2.31. The normalized spacial score (nSPS) is 14.7. The Hall–Kier alpha value is -3.48. The molecule has 0 bridgehead atoms. The molecule has 1 aliphatic heterocycles. The number of hydrogen-bond donors (Lipinski definition) is 1. The van der Waals surface area contributed by atoms with E-state index in [4.69, 9.17) is 4.74 Å². The van der Waals surface area contributed by atoms with E-state index in [2.05, 4.69) is 11.1 Å². The van der Waals surface area contributed by atoms with Crippen molar-refractivity contribution in [3.63, 3.8) is 0 Å². The van der Waals surface area contributed by atoms with E-state index in [1.165, 1.54) is 4.57 Å². The molecule has 3 rings (SSSR count). The fraction of sp³-hybridized carbons (Fsp3) is 0.565. The molecule has 0 aromatic carbocycles. The van der Waals surface area contributed by atoms with Gasteiger partial charge in [0.15, 0.2) is 0 Å². The van der Waals surface area contributed by atoms with Crippen molar-refractivity contribution in [2.45, 2.75) is 53.2 Å². The topological polar surface area (TPSA) is 116 Å². The molecule has 1 saturated heterocycles. The Morgan fingerprint density at radius 3 is 2.45 bits per heavy atom. The fourth-order valence-electron chi connectivity index (χ4n) is 4.01. The number of carbonyl (C=O) groups is 1. The van der Waals surface area contributed by atoms with Gasteiger partial charge in [-0.15, -0.1) is 0 Å². The lowest BCUT2D eigenvalue weighted by molar-refractivity contribution is 0.0263. The number of hydrogen-bond acceptors (Lipinski definition) is 6. The summed E-state index contributed by atoms with van der Waals surface area (Å²) in [5.41, 5.74) is 0.272. The molecule has 10 nitrogen and oxygen atoms in total. The van der Waals surface area contributed by atoms with Crippen LogP contribution >= 0.6 is 0 Å². The number of nitriles is 1. The van der Waals surface area contributed by atoms with Gasteiger partial charge >= 0.3 is 11.8 Å². The first-order chi connectivity index (χ1) is 15.4. The quantitative estimate of drug-likeness (QED) is 0.709. The van der Waals surface area contributed by atoms with Gasteiger partial charge in [0, 0.05) is 39.8 Å². The first-order valence-electron chi connectivity index (χ1n) is 11.1. The van der Waals surface area contributed by atoms with E-state index in [9.17, 15) is 19.6 Å². The molecule has 0 atom stereocenters. The van der Waals surface area contributed by atoms with Crippen molar-refractivity contribution >= 4 is 22.9 Å². The van der Waals surface area contributed by atoms with Gasteiger partial charge in [0.25, 0.3) is 5.56 Å². The van der Waals surface area contributed by atoms with E-state index in [1.807, 2.05) is 45.6 Å². The minimum absolute atomic E-state index is 0.281. The molecule has 1 N–H and O–H groups in total. The number of nitrogens with zero attached hydrogens (tertiary/aromatic N) is 5. The standard InChI is InChI=1S/C23H32N6O4/c1-15(2)8-11-29-18-17(26(6)21(31)25-19(18)30)16(14-24)20(29)27-9-7-10-28(13-12-27)22(32)33-23(3,4)5/h8H,7,9-13H2,1-6H3,(H,25,30,31). The zero-order valence-corrected chi connectivity index (χ0v) is 20.2. The number of H-pyrrole nitrogens is 1. The van der Waals surface area contributed by atoms with Gasteiger partial charge in [-0.1, -0.05) is 11.6 Å². The van der Waals surface area contributed by atoms with Gasteiger partial charge in [-0.25, -0.2) is 9.59 Å². The molecule has 1 amide bonds. The molecule has 0 saturated carbocycles. The maximum absolute atomic E-state index is 12.8. The molecular weight excluding hydrogens is 424 g/mol. The van der Waals surface area contributed by atoms with Crippen LogP contribution in [0.15, 0.2) is 21.2 Å². The van der Waals surface area contributed by atoms with Crippen molar-refractivity contribution in [2.75, 3.05) is 31.1 Å². The Labute approximate surface area is 192 Å². The van der Waals surface area contributed by atoms with E-state index in [0.717, 1.165) is 5.57 Å². The number of allylic oxidation sites excluding steroid dienone is 2. The van der Waals surface area contributed by atoms with Crippen LogP contribution in [0.3, 0.4) is 0 Å². The van der Waals surface area contributed by atoms with Gasteiger partial charge < -0.3 is 19.1 Å². The van der Waals surface area contributed by atoms with E-state index < -0.39 is 16.9 Å². The second kappa shape index (κ2) is 9.17. The number of anilines is 1. The smallest absolute Gasteiger partial charge is 0.410 e. The molecule has 0 radical (unpaired) electrons. The van der Waals surface area contributed by atoms with Gasteiger partial charge in [0.1, 0.15) is 28.6 Å². The van der Waals surface area contributed by atoms with Crippen LogP contribution in [0.5, 0.6) is 0 Å². The molecule has 0 unspecified atom stereocenters. The average molecular weight is 457 g/mol. The van der Waals surface area contributed by atoms with Crippen LogP contribution in [-0.4, -0.2) is 56.9 Å². The number of aryl methyl sites for hydroxylation is 1. The summed E-state index contributed by atoms with van der Waals surface area (Å²) in [6, 6.07) is 2.22. The van der Waals surface area contributed by atoms with E-state index in [1.54, 1.807) is 16.5 Å². The number of ether oxygens (including phenoxy) is 1. The average Bonchev–Trinajstić information content (AvgIpc) is 2.85. The van der Waals surface area contributed by atoms with Crippen LogP contribution in [0.2, 0.25) is 0 Å². The van der Waals surface area contributed by atoms with Crippen molar-refractivity contribution in [2.24, 2.45) is 7.05 Å². The summed E-state index contributed by atoms with van der Waals surface area (Å²) in [6.45, 7) is 11.8. The zero-order chi connectivity index (χ0) is 24.5. The Balaban J connectivity index is 2.10. The lowest BCUT2D eigenvalue weighted by Crippen LogP contribution is -2.39.